The molecule has 0 saturated heterocycles. The van der Waals surface area contributed by atoms with E-state index in [0.717, 1.165) is 24.8 Å². The zero-order valence-electron chi connectivity index (χ0n) is 13.3. The summed E-state index contributed by atoms with van der Waals surface area (Å²) in [5.41, 5.74) is 3.58. The molecular formula is C19H24N2O. The van der Waals surface area contributed by atoms with E-state index in [-0.39, 0.29) is 17.9 Å². The summed E-state index contributed by atoms with van der Waals surface area (Å²) in [6.07, 6.45) is 6.19. The molecule has 3 unspecified atom stereocenters. The van der Waals surface area contributed by atoms with Gasteiger partial charge < -0.3 is 10.1 Å². The molecule has 3 heteroatoms. The average molecular weight is 296 g/mol. The molecule has 1 N–H and O–H groups in total. The van der Waals surface area contributed by atoms with E-state index in [0.29, 0.717) is 0 Å². The van der Waals surface area contributed by atoms with Gasteiger partial charge in [-0.15, -0.1) is 0 Å². The third-order valence-electron chi connectivity index (χ3n) is 4.25. The van der Waals surface area contributed by atoms with Crippen LogP contribution in [0.1, 0.15) is 32.3 Å². The van der Waals surface area contributed by atoms with Crippen LogP contribution >= 0.6 is 0 Å². The highest BCUT2D eigenvalue weighted by Crippen LogP contribution is 2.35. The third kappa shape index (κ3) is 3.53. The second-order valence-electron chi connectivity index (χ2n) is 5.71. The second-order valence-corrected chi connectivity index (χ2v) is 5.71. The smallest absolute Gasteiger partial charge is 0.123 e. The third-order valence-corrected chi connectivity index (χ3v) is 4.25. The van der Waals surface area contributed by atoms with E-state index in [2.05, 4.69) is 42.9 Å². The van der Waals surface area contributed by atoms with Crippen molar-refractivity contribution in [3.05, 3.63) is 54.2 Å². The molecule has 0 radical (unpaired) electrons. The summed E-state index contributed by atoms with van der Waals surface area (Å²) in [7, 11) is 0. The molecule has 0 bridgehead atoms. The first-order chi connectivity index (χ1) is 10.7. The Bertz CT molecular complexity index is 574. The Balaban J connectivity index is 2.42. The number of nitrogens with zero attached hydrogens (tertiary/aromatic N) is 1. The van der Waals surface area contributed by atoms with Gasteiger partial charge in [-0.25, -0.2) is 0 Å². The van der Waals surface area contributed by atoms with Crippen molar-refractivity contribution in [1.29, 1.82) is 0 Å². The van der Waals surface area contributed by atoms with E-state index in [4.69, 9.17) is 0 Å². The van der Waals surface area contributed by atoms with Gasteiger partial charge in [0.1, 0.15) is 6.29 Å². The molecule has 0 fully saturated rings. The predicted molar refractivity (Wildman–Crippen MR) is 92.6 cm³/mol. The summed E-state index contributed by atoms with van der Waals surface area (Å²) >= 11 is 0. The number of aldehydes is 1. The molecular weight excluding hydrogens is 272 g/mol. The zero-order chi connectivity index (χ0) is 15.9. The van der Waals surface area contributed by atoms with Gasteiger partial charge in [-0.2, -0.15) is 0 Å². The highest BCUT2D eigenvalue weighted by molar-refractivity contribution is 5.80. The van der Waals surface area contributed by atoms with Crippen molar-refractivity contribution in [3.63, 3.8) is 0 Å². The van der Waals surface area contributed by atoms with E-state index in [1.54, 1.807) is 6.20 Å². The molecule has 0 saturated carbocycles. The van der Waals surface area contributed by atoms with Crippen LogP contribution in [-0.2, 0) is 4.79 Å². The molecule has 1 heterocycles. The molecule has 1 aliphatic rings. The quantitative estimate of drug-likeness (QED) is 0.613. The minimum Gasteiger partial charge on any atom is -0.381 e. The van der Waals surface area contributed by atoms with Crippen LogP contribution in [0.3, 0.4) is 0 Å². The van der Waals surface area contributed by atoms with Gasteiger partial charge in [0.05, 0.1) is 0 Å². The standard InChI is InChI=1S/C19H24N2O/c1-4-15(13-22)11-17-18(12-20-5-2)14(3)21-19(17)16-9-7-6-8-10-16/h5-10,12-15,18,21H,2,4,11H2,1,3H3. The monoisotopic (exact) mass is 296 g/mol. The largest absolute Gasteiger partial charge is 0.381 e. The van der Waals surface area contributed by atoms with Crippen molar-refractivity contribution in [3.8, 4) is 0 Å². The fourth-order valence-corrected chi connectivity index (χ4v) is 2.93. The average Bonchev–Trinajstić information content (AvgIpc) is 2.87. The van der Waals surface area contributed by atoms with Gasteiger partial charge in [-0.1, -0.05) is 43.8 Å². The molecule has 2 rings (SSSR count). The van der Waals surface area contributed by atoms with Gasteiger partial charge in [0.15, 0.2) is 0 Å². The van der Waals surface area contributed by atoms with Crippen LogP contribution in [-0.4, -0.2) is 18.5 Å². The zero-order valence-corrected chi connectivity index (χ0v) is 13.3. The summed E-state index contributed by atoms with van der Waals surface area (Å²) in [5.74, 6) is 0.252. The summed E-state index contributed by atoms with van der Waals surface area (Å²) in [5, 5.41) is 3.57. The lowest BCUT2D eigenvalue weighted by Gasteiger charge is -2.16. The lowest BCUT2D eigenvalue weighted by atomic mass is 9.87. The first-order valence-corrected chi connectivity index (χ1v) is 7.85. The molecule has 1 aromatic rings. The maximum atomic E-state index is 11.3. The van der Waals surface area contributed by atoms with Crippen molar-refractivity contribution >= 4 is 18.2 Å². The van der Waals surface area contributed by atoms with Crippen LogP contribution in [0, 0.1) is 11.8 Å². The van der Waals surface area contributed by atoms with Crippen molar-refractivity contribution in [1.82, 2.24) is 5.32 Å². The Labute approximate surface area is 132 Å². The van der Waals surface area contributed by atoms with Crippen molar-refractivity contribution in [2.24, 2.45) is 16.8 Å². The van der Waals surface area contributed by atoms with Gasteiger partial charge in [-0.05, 0) is 30.9 Å². The number of hydrogen-bond donors (Lipinski definition) is 1. The Kier molecular flexibility index (Phi) is 5.70. The molecule has 3 atom stereocenters. The van der Waals surface area contributed by atoms with Crippen LogP contribution < -0.4 is 5.32 Å². The second kappa shape index (κ2) is 7.74. The number of nitrogens with one attached hydrogen (secondary N) is 1. The van der Waals surface area contributed by atoms with Crippen molar-refractivity contribution in [2.45, 2.75) is 32.7 Å². The lowest BCUT2D eigenvalue weighted by molar-refractivity contribution is -0.111. The van der Waals surface area contributed by atoms with E-state index in [1.807, 2.05) is 24.4 Å². The molecule has 0 aromatic heterocycles. The highest BCUT2D eigenvalue weighted by atomic mass is 16.1. The number of hydrogen-bond acceptors (Lipinski definition) is 3. The highest BCUT2D eigenvalue weighted by Gasteiger charge is 2.31. The van der Waals surface area contributed by atoms with E-state index in [9.17, 15) is 4.79 Å². The Morgan fingerprint density at radius 1 is 1.36 bits per heavy atom. The summed E-state index contributed by atoms with van der Waals surface area (Å²) in [6.45, 7) is 7.86. The van der Waals surface area contributed by atoms with Crippen LogP contribution in [0.25, 0.3) is 5.70 Å². The molecule has 3 nitrogen and oxygen atoms in total. The van der Waals surface area contributed by atoms with Gasteiger partial charge in [0.2, 0.25) is 0 Å². The molecule has 116 valence electrons. The number of benzene rings is 1. The van der Waals surface area contributed by atoms with E-state index < -0.39 is 0 Å². The Morgan fingerprint density at radius 3 is 2.68 bits per heavy atom. The predicted octanol–water partition coefficient (Wildman–Crippen LogP) is 3.84. The topological polar surface area (TPSA) is 41.5 Å². The van der Waals surface area contributed by atoms with E-state index >= 15 is 0 Å². The lowest BCUT2D eigenvalue weighted by Crippen LogP contribution is -2.26. The van der Waals surface area contributed by atoms with Crippen LogP contribution in [0.15, 0.2) is 53.7 Å². The molecule has 0 aliphatic carbocycles. The molecule has 1 aliphatic heterocycles. The van der Waals surface area contributed by atoms with Crippen LogP contribution in [0.4, 0.5) is 0 Å². The van der Waals surface area contributed by atoms with Crippen LogP contribution in [0.2, 0.25) is 0 Å². The van der Waals surface area contributed by atoms with Gasteiger partial charge in [-0.3, -0.25) is 4.99 Å². The Hall–Kier alpha value is -2.16. The number of carbonyl (C=O) groups excluding carboxylic acids is 1. The fourth-order valence-electron chi connectivity index (χ4n) is 2.93. The maximum Gasteiger partial charge on any atom is 0.123 e. The summed E-state index contributed by atoms with van der Waals surface area (Å²) in [6, 6.07) is 10.5. The van der Waals surface area contributed by atoms with Crippen molar-refractivity contribution < 1.29 is 4.79 Å². The number of carbonyl (C=O) groups is 1. The molecule has 1 aromatic carbocycles. The minimum absolute atomic E-state index is 0.0560. The fraction of sp³-hybridized carbons (Fsp3) is 0.368. The van der Waals surface area contributed by atoms with E-state index in [1.165, 1.54) is 11.1 Å². The molecule has 0 spiro atoms. The number of aliphatic imine (C=N–C) groups is 1. The molecule has 0 amide bonds. The first kappa shape index (κ1) is 16.2. The normalized spacial score (nSPS) is 22.6. The SMILES string of the molecule is C=CN=CC1C(CC(C=O)CC)=C(c2ccccc2)NC1C. The van der Waals surface area contributed by atoms with Crippen molar-refractivity contribution in [2.75, 3.05) is 0 Å². The summed E-state index contributed by atoms with van der Waals surface area (Å²) < 4.78 is 0. The van der Waals surface area contributed by atoms with Gasteiger partial charge in [0, 0.05) is 36.0 Å². The van der Waals surface area contributed by atoms with Crippen LogP contribution in [0.5, 0.6) is 0 Å². The van der Waals surface area contributed by atoms with Gasteiger partial charge in [0.25, 0.3) is 0 Å². The number of rotatable bonds is 7. The maximum absolute atomic E-state index is 11.3. The van der Waals surface area contributed by atoms with Gasteiger partial charge >= 0.3 is 0 Å². The minimum atomic E-state index is 0.0560. The first-order valence-electron chi connectivity index (χ1n) is 7.85. The molecule has 22 heavy (non-hydrogen) atoms. The Morgan fingerprint density at radius 2 is 2.09 bits per heavy atom. The summed E-state index contributed by atoms with van der Waals surface area (Å²) in [4.78, 5) is 15.5.